The van der Waals surface area contributed by atoms with Crippen LogP contribution in [0.25, 0.3) is 22.0 Å². The molecule has 4 rings (SSSR count). The van der Waals surface area contributed by atoms with Crippen LogP contribution in [0.3, 0.4) is 0 Å². The topological polar surface area (TPSA) is 31.4 Å². The van der Waals surface area contributed by atoms with E-state index in [-0.39, 0.29) is 6.10 Å². The van der Waals surface area contributed by atoms with Gasteiger partial charge in [-0.25, -0.2) is 0 Å². The maximum Gasteiger partial charge on any atom is 0.147 e. The number of hydrogen-bond donors (Lipinski definition) is 0. The van der Waals surface area contributed by atoms with Gasteiger partial charge in [0, 0.05) is 17.1 Å². The number of benzene rings is 2. The number of pyridine rings is 1. The van der Waals surface area contributed by atoms with Gasteiger partial charge < -0.3 is 9.47 Å². The van der Waals surface area contributed by atoms with Gasteiger partial charge in [-0.2, -0.15) is 0 Å². The van der Waals surface area contributed by atoms with Gasteiger partial charge in [0.25, 0.3) is 0 Å². The van der Waals surface area contributed by atoms with Crippen LogP contribution in [-0.4, -0.2) is 18.4 Å². The molecule has 0 bridgehead atoms. The highest BCUT2D eigenvalue weighted by Crippen LogP contribution is 2.36. The number of para-hydroxylation sites is 1. The van der Waals surface area contributed by atoms with Gasteiger partial charge in [-0.1, -0.05) is 48.5 Å². The van der Waals surface area contributed by atoms with Crippen molar-refractivity contribution in [2.24, 2.45) is 0 Å². The summed E-state index contributed by atoms with van der Waals surface area (Å²) in [7, 11) is 0. The van der Waals surface area contributed by atoms with Crippen molar-refractivity contribution in [3.8, 4) is 11.1 Å². The first kappa shape index (κ1) is 12.5. The van der Waals surface area contributed by atoms with Gasteiger partial charge in [-0.05, 0) is 17.2 Å². The maximum atomic E-state index is 5.69. The molecule has 2 heterocycles. The molecule has 1 atom stereocenters. The smallest absolute Gasteiger partial charge is 0.147 e. The van der Waals surface area contributed by atoms with Gasteiger partial charge >= 0.3 is 0 Å². The van der Waals surface area contributed by atoms with E-state index in [0.717, 1.165) is 16.5 Å². The van der Waals surface area contributed by atoms with Crippen molar-refractivity contribution in [1.82, 2.24) is 4.98 Å². The second-order valence-corrected chi connectivity index (χ2v) is 5.12. The standard InChI is InChI=1S/C18H15NO2/c1-2-6-13(7-3-1)18-14-8-4-5-9-16(14)19-10-15(18)17-11-20-12-21-17/h1-10,17H,11-12H2. The van der Waals surface area contributed by atoms with Crippen molar-refractivity contribution < 1.29 is 9.47 Å². The lowest BCUT2D eigenvalue weighted by Crippen LogP contribution is -2.03. The predicted octanol–water partition coefficient (Wildman–Crippen LogP) is 3.95. The van der Waals surface area contributed by atoms with Gasteiger partial charge in [0.1, 0.15) is 12.9 Å². The van der Waals surface area contributed by atoms with Gasteiger partial charge in [0.2, 0.25) is 0 Å². The van der Waals surface area contributed by atoms with Crippen molar-refractivity contribution >= 4 is 10.9 Å². The first-order chi connectivity index (χ1) is 10.4. The van der Waals surface area contributed by atoms with Crippen LogP contribution in [-0.2, 0) is 9.47 Å². The van der Waals surface area contributed by atoms with Crippen LogP contribution in [0.2, 0.25) is 0 Å². The highest BCUT2D eigenvalue weighted by Gasteiger charge is 2.23. The Morgan fingerprint density at radius 1 is 0.952 bits per heavy atom. The zero-order chi connectivity index (χ0) is 14.1. The highest BCUT2D eigenvalue weighted by atomic mass is 16.7. The van der Waals surface area contributed by atoms with E-state index in [4.69, 9.17) is 9.47 Å². The highest BCUT2D eigenvalue weighted by molar-refractivity contribution is 5.96. The molecular weight excluding hydrogens is 262 g/mol. The molecule has 0 spiro atoms. The number of aromatic nitrogens is 1. The summed E-state index contributed by atoms with van der Waals surface area (Å²) in [6, 6.07) is 18.6. The molecule has 21 heavy (non-hydrogen) atoms. The second-order valence-electron chi connectivity index (χ2n) is 5.12. The first-order valence-electron chi connectivity index (χ1n) is 7.06. The Labute approximate surface area is 123 Å². The summed E-state index contributed by atoms with van der Waals surface area (Å²) in [4.78, 5) is 4.58. The minimum Gasteiger partial charge on any atom is -0.352 e. The minimum absolute atomic E-state index is 0.0442. The zero-order valence-corrected chi connectivity index (χ0v) is 11.5. The third-order valence-electron chi connectivity index (χ3n) is 3.84. The van der Waals surface area contributed by atoms with E-state index in [1.54, 1.807) is 0 Å². The number of hydrogen-bond acceptors (Lipinski definition) is 3. The average molecular weight is 277 g/mol. The largest absolute Gasteiger partial charge is 0.352 e. The van der Waals surface area contributed by atoms with Crippen molar-refractivity contribution in [3.05, 3.63) is 66.4 Å². The number of ether oxygens (including phenoxy) is 2. The van der Waals surface area contributed by atoms with Crippen LogP contribution < -0.4 is 0 Å². The van der Waals surface area contributed by atoms with Gasteiger partial charge in [0.15, 0.2) is 0 Å². The lowest BCUT2D eigenvalue weighted by molar-refractivity contribution is 0.0467. The van der Waals surface area contributed by atoms with Crippen LogP contribution in [0.15, 0.2) is 60.8 Å². The van der Waals surface area contributed by atoms with E-state index >= 15 is 0 Å². The lowest BCUT2D eigenvalue weighted by Gasteiger charge is -2.16. The summed E-state index contributed by atoms with van der Waals surface area (Å²) in [6.07, 6.45) is 1.88. The van der Waals surface area contributed by atoms with E-state index in [9.17, 15) is 0 Å². The summed E-state index contributed by atoms with van der Waals surface area (Å²) >= 11 is 0. The summed E-state index contributed by atoms with van der Waals surface area (Å²) in [6.45, 7) is 0.936. The third kappa shape index (κ3) is 2.20. The van der Waals surface area contributed by atoms with Gasteiger partial charge in [0.05, 0.1) is 12.1 Å². The van der Waals surface area contributed by atoms with Crippen molar-refractivity contribution in [1.29, 1.82) is 0 Å². The SMILES string of the molecule is c1ccc(-c2c(C3COCO3)cnc3ccccc23)cc1. The Hall–Kier alpha value is -2.23. The molecular formula is C18H15NO2. The molecule has 0 aliphatic carbocycles. The van der Waals surface area contributed by atoms with Crippen LogP contribution in [0.1, 0.15) is 11.7 Å². The van der Waals surface area contributed by atoms with Gasteiger partial charge in [-0.15, -0.1) is 0 Å². The molecule has 0 amide bonds. The normalized spacial score (nSPS) is 18.2. The Balaban J connectivity index is 2.00. The fraction of sp³-hybridized carbons (Fsp3) is 0.167. The molecule has 1 aromatic heterocycles. The lowest BCUT2D eigenvalue weighted by atomic mass is 9.94. The van der Waals surface area contributed by atoms with Crippen LogP contribution >= 0.6 is 0 Å². The quantitative estimate of drug-likeness (QED) is 0.710. The molecule has 2 aromatic carbocycles. The summed E-state index contributed by atoms with van der Waals surface area (Å²) in [5, 5.41) is 1.15. The molecule has 1 fully saturated rings. The molecule has 3 heteroatoms. The summed E-state index contributed by atoms with van der Waals surface area (Å²) in [5.74, 6) is 0. The number of rotatable bonds is 2. The average Bonchev–Trinajstić information content (AvgIpc) is 3.09. The fourth-order valence-electron chi connectivity index (χ4n) is 2.84. The van der Waals surface area contributed by atoms with Gasteiger partial charge in [-0.3, -0.25) is 4.98 Å². The second kappa shape index (κ2) is 5.28. The van der Waals surface area contributed by atoms with Crippen LogP contribution in [0.5, 0.6) is 0 Å². The summed E-state index contributed by atoms with van der Waals surface area (Å²) in [5.41, 5.74) is 4.47. The molecule has 3 aromatic rings. The Bertz CT molecular complexity index is 765. The monoisotopic (exact) mass is 277 g/mol. The Morgan fingerprint density at radius 3 is 2.57 bits per heavy atom. The fourth-order valence-corrected chi connectivity index (χ4v) is 2.84. The van der Waals surface area contributed by atoms with Crippen molar-refractivity contribution in [3.63, 3.8) is 0 Å². The van der Waals surface area contributed by atoms with E-state index < -0.39 is 0 Å². The third-order valence-corrected chi connectivity index (χ3v) is 3.84. The molecule has 1 unspecified atom stereocenters. The van der Waals surface area contributed by atoms with E-state index in [1.165, 1.54) is 11.1 Å². The van der Waals surface area contributed by atoms with Crippen molar-refractivity contribution in [2.45, 2.75) is 6.10 Å². The number of fused-ring (bicyclic) bond motifs is 1. The molecule has 0 N–H and O–H groups in total. The molecule has 1 saturated heterocycles. The van der Waals surface area contributed by atoms with Crippen LogP contribution in [0, 0.1) is 0 Å². The zero-order valence-electron chi connectivity index (χ0n) is 11.5. The molecule has 3 nitrogen and oxygen atoms in total. The Morgan fingerprint density at radius 2 is 1.76 bits per heavy atom. The molecule has 0 radical (unpaired) electrons. The van der Waals surface area contributed by atoms with E-state index in [1.807, 2.05) is 30.5 Å². The number of nitrogens with zero attached hydrogens (tertiary/aromatic N) is 1. The van der Waals surface area contributed by atoms with E-state index in [0.29, 0.717) is 13.4 Å². The molecule has 1 aliphatic heterocycles. The molecule has 1 aliphatic rings. The van der Waals surface area contributed by atoms with Crippen molar-refractivity contribution in [2.75, 3.05) is 13.4 Å². The summed E-state index contributed by atoms with van der Waals surface area (Å²) < 4.78 is 11.1. The first-order valence-corrected chi connectivity index (χ1v) is 7.06. The molecule has 104 valence electrons. The molecule has 0 saturated carbocycles. The minimum atomic E-state index is -0.0442. The predicted molar refractivity (Wildman–Crippen MR) is 81.8 cm³/mol. The van der Waals surface area contributed by atoms with Crippen LogP contribution in [0.4, 0.5) is 0 Å². The Kier molecular flexibility index (Phi) is 3.14. The maximum absolute atomic E-state index is 5.69. The van der Waals surface area contributed by atoms with E-state index in [2.05, 4.69) is 35.3 Å².